The molecule has 1 fully saturated rings. The van der Waals surface area contributed by atoms with Gasteiger partial charge in [-0.25, -0.2) is 0 Å². The lowest BCUT2D eigenvalue weighted by Gasteiger charge is -2.29. The van der Waals surface area contributed by atoms with Crippen LogP contribution in [0, 0.1) is 0 Å². The standard InChI is InChI=1S/C37H42N6O3/c38-37(39)40-22-11-20-34-36(45)43(26-33(27-12-4-1-5-13-27)28-14-6-2-7-15-28)23-21-30(42-34)25-41-35(44)29-16-10-19-32(24-29)46-31-17-8-3-9-18-31/h1-10,12-19,24,30,33-34,42H,11,20-23,25-26H2,(H,41,44)(H4,38,39,40). The highest BCUT2D eigenvalue weighted by molar-refractivity contribution is 5.94. The number of benzene rings is 4. The minimum Gasteiger partial charge on any atom is -0.457 e. The van der Waals surface area contributed by atoms with Gasteiger partial charge < -0.3 is 31.7 Å². The molecule has 1 saturated heterocycles. The SMILES string of the molecule is NC(N)=NCCCC1NC(CNC(=O)c2cccc(Oc3ccccc3)c2)CCN(CC(c2ccccc2)c2ccccc2)C1=O. The molecule has 0 aliphatic carbocycles. The quantitative estimate of drug-likeness (QED) is 0.0979. The second-order valence-electron chi connectivity index (χ2n) is 11.5. The fraction of sp³-hybridized carbons (Fsp3) is 0.270. The number of hydrogen-bond acceptors (Lipinski definition) is 5. The number of rotatable bonds is 13. The fourth-order valence-corrected chi connectivity index (χ4v) is 5.77. The predicted molar refractivity (Wildman–Crippen MR) is 182 cm³/mol. The smallest absolute Gasteiger partial charge is 0.251 e. The van der Waals surface area contributed by atoms with E-state index in [0.29, 0.717) is 62.5 Å². The van der Waals surface area contributed by atoms with E-state index in [2.05, 4.69) is 39.9 Å². The van der Waals surface area contributed by atoms with Crippen LogP contribution in [0.25, 0.3) is 0 Å². The molecule has 46 heavy (non-hydrogen) atoms. The van der Waals surface area contributed by atoms with Crippen molar-refractivity contribution in [2.45, 2.75) is 37.3 Å². The van der Waals surface area contributed by atoms with Crippen LogP contribution < -0.4 is 26.8 Å². The topological polar surface area (TPSA) is 135 Å². The molecule has 0 radical (unpaired) electrons. The number of carbonyl (C=O) groups excluding carboxylic acids is 2. The van der Waals surface area contributed by atoms with Gasteiger partial charge in [0.05, 0.1) is 6.04 Å². The lowest BCUT2D eigenvalue weighted by Crippen LogP contribution is -2.49. The van der Waals surface area contributed by atoms with Crippen LogP contribution in [0.3, 0.4) is 0 Å². The predicted octanol–water partition coefficient (Wildman–Crippen LogP) is 4.65. The molecule has 4 aromatic carbocycles. The molecule has 2 amide bonds. The number of aliphatic imine (C=N–C) groups is 1. The average molecular weight is 619 g/mol. The van der Waals surface area contributed by atoms with Crippen molar-refractivity contribution in [3.05, 3.63) is 132 Å². The van der Waals surface area contributed by atoms with Gasteiger partial charge in [-0.1, -0.05) is 84.9 Å². The van der Waals surface area contributed by atoms with Crippen LogP contribution in [0.4, 0.5) is 0 Å². The molecule has 1 heterocycles. The maximum absolute atomic E-state index is 14.0. The van der Waals surface area contributed by atoms with Crippen molar-refractivity contribution < 1.29 is 14.3 Å². The summed E-state index contributed by atoms with van der Waals surface area (Å²) < 4.78 is 5.91. The first-order chi connectivity index (χ1) is 22.5. The van der Waals surface area contributed by atoms with Gasteiger partial charge in [-0.2, -0.15) is 0 Å². The number of carbonyl (C=O) groups is 2. The van der Waals surface area contributed by atoms with Crippen LogP contribution in [0.1, 0.15) is 46.7 Å². The largest absolute Gasteiger partial charge is 0.457 e. The Morgan fingerprint density at radius 2 is 1.52 bits per heavy atom. The normalized spacial score (nSPS) is 16.5. The number of nitrogens with zero attached hydrogens (tertiary/aromatic N) is 2. The molecule has 0 bridgehead atoms. The molecular formula is C37H42N6O3. The molecule has 0 spiro atoms. The van der Waals surface area contributed by atoms with Gasteiger partial charge in [0.2, 0.25) is 5.91 Å². The van der Waals surface area contributed by atoms with E-state index in [4.69, 9.17) is 16.2 Å². The van der Waals surface area contributed by atoms with Crippen LogP contribution >= 0.6 is 0 Å². The average Bonchev–Trinajstić information content (AvgIpc) is 3.23. The Kier molecular flexibility index (Phi) is 11.4. The lowest BCUT2D eigenvalue weighted by molar-refractivity contribution is -0.133. The molecule has 0 saturated carbocycles. The fourth-order valence-electron chi connectivity index (χ4n) is 5.77. The number of ether oxygens (including phenoxy) is 1. The number of amides is 2. The summed E-state index contributed by atoms with van der Waals surface area (Å²) in [4.78, 5) is 33.3. The summed E-state index contributed by atoms with van der Waals surface area (Å²) in [6.45, 7) is 1.92. The summed E-state index contributed by atoms with van der Waals surface area (Å²) in [5.74, 6) is 1.18. The first-order valence-corrected chi connectivity index (χ1v) is 15.8. The van der Waals surface area contributed by atoms with Crippen LogP contribution in [0.2, 0.25) is 0 Å². The Morgan fingerprint density at radius 3 is 2.17 bits per heavy atom. The maximum Gasteiger partial charge on any atom is 0.251 e. The highest BCUT2D eigenvalue weighted by Gasteiger charge is 2.32. The van der Waals surface area contributed by atoms with E-state index in [1.54, 1.807) is 18.2 Å². The molecule has 2 unspecified atom stereocenters. The van der Waals surface area contributed by atoms with Gasteiger partial charge >= 0.3 is 0 Å². The molecule has 4 aromatic rings. The lowest BCUT2D eigenvalue weighted by atomic mass is 9.90. The molecule has 6 N–H and O–H groups in total. The molecule has 238 valence electrons. The zero-order valence-electron chi connectivity index (χ0n) is 25.9. The summed E-state index contributed by atoms with van der Waals surface area (Å²) in [6.07, 6.45) is 1.89. The number of para-hydroxylation sites is 1. The van der Waals surface area contributed by atoms with Crippen molar-refractivity contribution >= 4 is 17.8 Å². The third-order valence-electron chi connectivity index (χ3n) is 8.13. The van der Waals surface area contributed by atoms with Crippen LogP contribution in [-0.4, -0.2) is 60.9 Å². The maximum atomic E-state index is 14.0. The van der Waals surface area contributed by atoms with E-state index in [9.17, 15) is 9.59 Å². The molecular weight excluding hydrogens is 576 g/mol. The van der Waals surface area contributed by atoms with Crippen molar-refractivity contribution in [2.24, 2.45) is 16.5 Å². The highest BCUT2D eigenvalue weighted by Crippen LogP contribution is 2.27. The number of guanidine groups is 1. The molecule has 1 aliphatic heterocycles. The zero-order valence-corrected chi connectivity index (χ0v) is 25.9. The zero-order chi connectivity index (χ0) is 32.1. The Hall–Kier alpha value is -5.15. The summed E-state index contributed by atoms with van der Waals surface area (Å²) >= 11 is 0. The number of nitrogens with one attached hydrogen (secondary N) is 2. The van der Waals surface area contributed by atoms with Gasteiger partial charge in [-0.3, -0.25) is 14.6 Å². The van der Waals surface area contributed by atoms with Crippen molar-refractivity contribution in [2.75, 3.05) is 26.2 Å². The van der Waals surface area contributed by atoms with Gasteiger partial charge in [-0.05, 0) is 60.7 Å². The minimum absolute atomic E-state index is 0.0234. The van der Waals surface area contributed by atoms with E-state index >= 15 is 0 Å². The second-order valence-corrected chi connectivity index (χ2v) is 11.5. The summed E-state index contributed by atoms with van der Waals surface area (Å²) in [7, 11) is 0. The minimum atomic E-state index is -0.437. The van der Waals surface area contributed by atoms with E-state index < -0.39 is 6.04 Å². The van der Waals surface area contributed by atoms with Crippen molar-refractivity contribution in [1.82, 2.24) is 15.5 Å². The van der Waals surface area contributed by atoms with Gasteiger partial charge in [-0.15, -0.1) is 0 Å². The van der Waals surface area contributed by atoms with Crippen LogP contribution in [0.5, 0.6) is 11.5 Å². The molecule has 2 atom stereocenters. The van der Waals surface area contributed by atoms with Crippen molar-refractivity contribution in [1.29, 1.82) is 0 Å². The highest BCUT2D eigenvalue weighted by atomic mass is 16.5. The first kappa shape index (κ1) is 32.2. The number of hydrogen-bond donors (Lipinski definition) is 4. The molecule has 1 aliphatic rings. The second kappa shape index (κ2) is 16.2. The molecule has 0 aromatic heterocycles. The third-order valence-corrected chi connectivity index (χ3v) is 8.13. The van der Waals surface area contributed by atoms with Gasteiger partial charge in [0.25, 0.3) is 5.91 Å². The Bertz CT molecular complexity index is 1540. The van der Waals surface area contributed by atoms with E-state index in [0.717, 1.165) is 11.1 Å². The first-order valence-electron chi connectivity index (χ1n) is 15.8. The molecule has 9 nitrogen and oxygen atoms in total. The number of nitrogens with two attached hydrogens (primary N) is 2. The van der Waals surface area contributed by atoms with Crippen LogP contribution in [0.15, 0.2) is 120 Å². The summed E-state index contributed by atoms with van der Waals surface area (Å²) in [6, 6.07) is 36.6. The Morgan fingerprint density at radius 1 is 0.891 bits per heavy atom. The van der Waals surface area contributed by atoms with Gasteiger partial charge in [0.15, 0.2) is 5.96 Å². The van der Waals surface area contributed by atoms with E-state index in [1.165, 1.54) is 0 Å². The van der Waals surface area contributed by atoms with E-state index in [1.807, 2.05) is 77.7 Å². The summed E-state index contributed by atoms with van der Waals surface area (Å²) in [5.41, 5.74) is 13.9. The van der Waals surface area contributed by atoms with Crippen LogP contribution in [-0.2, 0) is 4.79 Å². The Labute approximate surface area is 270 Å². The van der Waals surface area contributed by atoms with Crippen molar-refractivity contribution in [3.63, 3.8) is 0 Å². The summed E-state index contributed by atoms with van der Waals surface area (Å²) in [5, 5.41) is 6.62. The molecule has 5 rings (SSSR count). The van der Waals surface area contributed by atoms with Gasteiger partial charge in [0, 0.05) is 43.7 Å². The van der Waals surface area contributed by atoms with Gasteiger partial charge in [0.1, 0.15) is 11.5 Å². The monoisotopic (exact) mass is 618 g/mol. The third kappa shape index (κ3) is 9.18. The van der Waals surface area contributed by atoms with Crippen molar-refractivity contribution in [3.8, 4) is 11.5 Å². The molecule has 9 heteroatoms. The Balaban J connectivity index is 1.28. The van der Waals surface area contributed by atoms with E-state index in [-0.39, 0.29) is 29.7 Å².